The summed E-state index contributed by atoms with van der Waals surface area (Å²) in [4.78, 5) is 16.4. The summed E-state index contributed by atoms with van der Waals surface area (Å²) in [6.45, 7) is 57.6. The van der Waals surface area contributed by atoms with E-state index in [0.717, 1.165) is 64.1 Å². The van der Waals surface area contributed by atoms with Gasteiger partial charge in [-0.2, -0.15) is 0 Å². The molecule has 4 rings (SSSR count). The first-order valence-corrected chi connectivity index (χ1v) is 30.4. The third-order valence-electron chi connectivity index (χ3n) is 12.5. The minimum atomic E-state index is -4.86. The zero-order valence-electron chi connectivity index (χ0n) is 49.3. The lowest BCUT2D eigenvalue weighted by Crippen LogP contribution is -2.22. The van der Waals surface area contributed by atoms with Crippen LogP contribution in [0.1, 0.15) is 231 Å². The van der Waals surface area contributed by atoms with E-state index in [1.807, 2.05) is 0 Å². The van der Waals surface area contributed by atoms with Gasteiger partial charge in [-0.05, 0) is 113 Å². The molecule has 0 aliphatic carbocycles. The van der Waals surface area contributed by atoms with Crippen LogP contribution in [0.25, 0.3) is 0 Å². The summed E-state index contributed by atoms with van der Waals surface area (Å²) in [5.41, 5.74) is 4.12. The van der Waals surface area contributed by atoms with Crippen molar-refractivity contribution in [2.75, 3.05) is 0 Å². The van der Waals surface area contributed by atoms with Crippen molar-refractivity contribution in [3.8, 4) is 23.0 Å². The number of hydrogen-bond acceptors (Lipinski definition) is 9. The van der Waals surface area contributed by atoms with Crippen molar-refractivity contribution in [1.82, 2.24) is 0 Å². The second-order valence-electron chi connectivity index (χ2n) is 28.5. The number of thioether (sulfide) groups is 4. The second kappa shape index (κ2) is 20.9. The topological polar surface area (TPSA) is 96.2 Å². The molecule has 4 aromatic rings. The molecular weight excluding hydrogens is 988 g/mol. The predicted octanol–water partition coefficient (Wildman–Crippen LogP) is 19.9. The second-order valence-corrected chi connectivity index (χ2v) is 36.6. The SMILES string of the molecule is CC(Sc1cc(C(C)(C)C)c(O)c(C(C)(C)C)c1)Sc1cc(C(C)(C)C)c(OP(=O)(O)Oc2c(C(C)(C)C)cc(SC(C)(C)Sc3cc(C(C)(C)C)c(O)c(C(C)(C)C)c3)cc2C(C)(C)C)c(C(C)(C)C)c1. The molecule has 3 N–H and O–H groups in total. The fraction of sp³-hybridized carbons (Fsp3) is 0.607. The van der Waals surface area contributed by atoms with Gasteiger partial charge in [0.05, 0.1) is 8.66 Å². The molecule has 0 fully saturated rings. The largest absolute Gasteiger partial charge is 0.584 e. The summed E-state index contributed by atoms with van der Waals surface area (Å²) in [6.07, 6.45) is 0. The molecule has 11 heteroatoms. The molecule has 0 amide bonds. The third kappa shape index (κ3) is 15.9. The fourth-order valence-corrected chi connectivity index (χ4v) is 14.5. The zero-order valence-corrected chi connectivity index (χ0v) is 53.5. The molecule has 402 valence electrons. The molecule has 4 aromatic carbocycles. The van der Waals surface area contributed by atoms with E-state index in [-0.39, 0.29) is 30.3 Å². The van der Waals surface area contributed by atoms with Crippen LogP contribution in [-0.4, -0.2) is 23.8 Å². The summed E-state index contributed by atoms with van der Waals surface area (Å²) >= 11 is 7.03. The molecule has 0 heterocycles. The molecule has 0 aliphatic rings. The molecule has 2 atom stereocenters. The summed E-state index contributed by atoms with van der Waals surface area (Å²) in [5, 5.41) is 22.9. The maximum atomic E-state index is 15.0. The van der Waals surface area contributed by atoms with Crippen molar-refractivity contribution >= 4 is 54.9 Å². The van der Waals surface area contributed by atoms with Crippen LogP contribution in [0, 0.1) is 0 Å². The highest BCUT2D eigenvalue weighted by Crippen LogP contribution is 2.57. The van der Waals surface area contributed by atoms with Gasteiger partial charge in [0.2, 0.25) is 0 Å². The number of phosphoric acid groups is 1. The Hall–Kier alpha value is -2.33. The van der Waals surface area contributed by atoms with Gasteiger partial charge in [0.25, 0.3) is 0 Å². The molecule has 72 heavy (non-hydrogen) atoms. The van der Waals surface area contributed by atoms with Gasteiger partial charge in [-0.15, -0.1) is 47.0 Å². The first-order valence-electron chi connectivity index (χ1n) is 25.5. The summed E-state index contributed by atoms with van der Waals surface area (Å²) in [7, 11) is -4.86. The molecule has 0 aliphatic heterocycles. The highest BCUT2D eigenvalue weighted by Gasteiger charge is 2.39. The number of rotatable bonds is 12. The summed E-state index contributed by atoms with van der Waals surface area (Å²) in [5.74, 6) is 1.47. The lowest BCUT2D eigenvalue weighted by molar-refractivity contribution is 0.280. The Kier molecular flexibility index (Phi) is 18.1. The normalized spacial score (nSPS) is 15.1. The van der Waals surface area contributed by atoms with Crippen molar-refractivity contribution in [2.45, 2.75) is 259 Å². The first kappa shape index (κ1) is 62.2. The highest BCUT2D eigenvalue weighted by atomic mass is 32.2. The third-order valence-corrected chi connectivity index (χ3v) is 18.0. The van der Waals surface area contributed by atoms with E-state index in [1.165, 1.54) is 0 Å². The minimum absolute atomic E-state index is 0.0854. The van der Waals surface area contributed by atoms with Crippen LogP contribution < -0.4 is 9.05 Å². The average molecular weight is 1080 g/mol. The van der Waals surface area contributed by atoms with Crippen molar-refractivity contribution in [3.05, 3.63) is 93.0 Å². The minimum Gasteiger partial charge on any atom is -0.507 e. The molecule has 0 saturated carbocycles. The number of phenols is 2. The van der Waals surface area contributed by atoms with Gasteiger partial charge in [-0.3, -0.25) is 4.89 Å². The van der Waals surface area contributed by atoms with Gasteiger partial charge < -0.3 is 19.3 Å². The number of hydrogen-bond donors (Lipinski definition) is 3. The number of aromatic hydroxyl groups is 2. The lowest BCUT2D eigenvalue weighted by atomic mass is 9.79. The van der Waals surface area contributed by atoms with E-state index in [1.54, 1.807) is 47.0 Å². The van der Waals surface area contributed by atoms with E-state index >= 15 is 0 Å². The summed E-state index contributed by atoms with van der Waals surface area (Å²) < 4.78 is 27.7. The Balaban J connectivity index is 1.81. The van der Waals surface area contributed by atoms with Crippen molar-refractivity contribution in [3.63, 3.8) is 0 Å². The van der Waals surface area contributed by atoms with Crippen molar-refractivity contribution in [2.24, 2.45) is 0 Å². The zero-order chi connectivity index (χ0) is 55.7. The maximum Gasteiger partial charge on any atom is 0.584 e. The standard InChI is InChI=1S/C61H93O6PS4/c1-36(69-37-28-41(53(2,3)4)49(62)42(29-37)54(5,6)7)70-38-30-45(57(14,15)16)51(46(31-38)58(17,18)19)66-68(64,65)67-52-47(59(20,21)22)34-40(35-48(52)60(23,24)25)72-61(26,27)71-39-32-43(55(8,9)10)50(63)44(33-39)56(11,12)13/h28-36,62-63H,1-27H3,(H,64,65). The quantitative estimate of drug-likeness (QED) is 0.0723. The van der Waals surface area contributed by atoms with Gasteiger partial charge in [0.15, 0.2) is 0 Å². The molecule has 0 saturated heterocycles. The van der Waals surface area contributed by atoms with Gasteiger partial charge in [-0.25, -0.2) is 4.57 Å². The molecule has 0 spiro atoms. The van der Waals surface area contributed by atoms with Gasteiger partial charge in [0, 0.05) is 64.1 Å². The first-order chi connectivity index (χ1) is 31.9. The van der Waals surface area contributed by atoms with Crippen LogP contribution >= 0.6 is 54.9 Å². The molecule has 6 nitrogen and oxygen atoms in total. The van der Waals surface area contributed by atoms with Crippen molar-refractivity contribution in [1.29, 1.82) is 0 Å². The van der Waals surface area contributed by atoms with Crippen LogP contribution in [-0.2, 0) is 47.9 Å². The van der Waals surface area contributed by atoms with Crippen LogP contribution in [0.4, 0.5) is 0 Å². The van der Waals surface area contributed by atoms with E-state index in [0.29, 0.717) is 23.0 Å². The number of phenolic OH excluding ortho intramolecular Hbond substituents is 2. The van der Waals surface area contributed by atoms with Crippen LogP contribution in [0.15, 0.2) is 68.1 Å². The van der Waals surface area contributed by atoms with E-state index in [9.17, 15) is 19.7 Å². The Morgan fingerprint density at radius 3 is 0.792 bits per heavy atom. The van der Waals surface area contributed by atoms with E-state index < -0.39 is 29.5 Å². The highest BCUT2D eigenvalue weighted by molar-refractivity contribution is 8.18. The number of phosphoric ester groups is 1. The van der Waals surface area contributed by atoms with E-state index in [4.69, 9.17) is 9.05 Å². The molecule has 0 aromatic heterocycles. The average Bonchev–Trinajstić information content (AvgIpc) is 3.12. The molecule has 2 unspecified atom stereocenters. The Labute approximate surface area is 455 Å². The van der Waals surface area contributed by atoms with Gasteiger partial charge in [0.1, 0.15) is 23.0 Å². The summed E-state index contributed by atoms with van der Waals surface area (Å²) in [6, 6.07) is 17.0. The Morgan fingerprint density at radius 1 is 0.375 bits per heavy atom. The van der Waals surface area contributed by atoms with Crippen LogP contribution in [0.5, 0.6) is 23.0 Å². The lowest BCUT2D eigenvalue weighted by Gasteiger charge is -2.34. The van der Waals surface area contributed by atoms with E-state index in [2.05, 4.69) is 235 Å². The van der Waals surface area contributed by atoms with Gasteiger partial charge >= 0.3 is 7.82 Å². The maximum absolute atomic E-state index is 15.0. The van der Waals surface area contributed by atoms with Crippen LogP contribution in [0.3, 0.4) is 0 Å². The smallest absolute Gasteiger partial charge is 0.507 e. The van der Waals surface area contributed by atoms with Gasteiger partial charge in [-0.1, -0.05) is 166 Å². The molecular formula is C61H93O6PS4. The molecule has 0 bridgehead atoms. The predicted molar refractivity (Wildman–Crippen MR) is 317 cm³/mol. The van der Waals surface area contributed by atoms with Crippen LogP contribution in [0.2, 0.25) is 0 Å². The fourth-order valence-electron chi connectivity index (χ4n) is 8.63. The van der Waals surface area contributed by atoms with Crippen molar-refractivity contribution < 1.29 is 28.7 Å². The monoisotopic (exact) mass is 1080 g/mol. The molecule has 0 radical (unpaired) electrons. The number of benzene rings is 4. The Morgan fingerprint density at radius 2 is 0.569 bits per heavy atom. The Bertz CT molecular complexity index is 2520.